The molecule has 0 amide bonds. The molecule has 2 radical (unpaired) electrons. The molecule has 1 N–H and O–H groups in total. The average molecular weight is 212 g/mol. The fraction of sp³-hybridized carbons (Fsp3) is 0. The third-order valence-electron chi connectivity index (χ3n) is 0.594. The largest absolute Gasteiger partial charge is 0.350 e. The van der Waals surface area contributed by atoms with E-state index in [1.54, 1.807) is 0 Å². The normalized spacial score (nSPS) is 7.82. The second-order valence-corrected chi connectivity index (χ2v) is 1.91. The van der Waals surface area contributed by atoms with E-state index >= 15 is 0 Å². The average Bonchev–Trinajstić information content (AvgIpc) is 1.59. The summed E-state index contributed by atoms with van der Waals surface area (Å²) in [4.78, 5) is 19.0. The number of nitrogens with zero attached hydrogens (tertiary/aromatic N) is 2. The summed E-state index contributed by atoms with van der Waals surface area (Å²) in [7, 11) is 0. The molecule has 0 aliphatic rings. The molecule has 0 aromatic carbocycles. The number of rotatable bonds is 0. The predicted molar refractivity (Wildman–Crippen MR) is 44.2 cm³/mol. The molecule has 0 aliphatic carbocycles. The van der Waals surface area contributed by atoms with Gasteiger partial charge in [0.05, 0.1) is 0 Å². The van der Waals surface area contributed by atoms with E-state index in [9.17, 15) is 4.79 Å². The summed E-state index contributed by atoms with van der Waals surface area (Å²) >= 11 is 10.5. The number of hydrogen-bond donors (Lipinski definition) is 1. The van der Waals surface area contributed by atoms with Crippen molar-refractivity contribution in [1.82, 2.24) is 15.0 Å². The standard InChI is InChI=1S/C3HCl2N3O.2Na/c4-1-6-2(5)8-3(9)7-1;;/h(H,6,7,8,9);;. The quantitative estimate of drug-likeness (QED) is 0.601. The van der Waals surface area contributed by atoms with Gasteiger partial charge in [0.2, 0.25) is 10.6 Å². The Morgan fingerprint density at radius 2 is 1.73 bits per heavy atom. The van der Waals surface area contributed by atoms with Gasteiger partial charge < -0.3 is 0 Å². The summed E-state index contributed by atoms with van der Waals surface area (Å²) in [5, 5.41) is -0.205. The summed E-state index contributed by atoms with van der Waals surface area (Å²) < 4.78 is 0. The molecule has 0 spiro atoms. The molecule has 0 fully saturated rings. The Morgan fingerprint density at radius 1 is 1.18 bits per heavy atom. The van der Waals surface area contributed by atoms with Crippen molar-refractivity contribution < 1.29 is 0 Å². The molecule has 0 saturated heterocycles. The van der Waals surface area contributed by atoms with E-state index in [-0.39, 0.29) is 69.7 Å². The van der Waals surface area contributed by atoms with Crippen LogP contribution in [0, 0.1) is 0 Å². The van der Waals surface area contributed by atoms with Gasteiger partial charge in [-0.05, 0) is 23.2 Å². The maximum atomic E-state index is 10.3. The Bertz CT molecular complexity index is 254. The van der Waals surface area contributed by atoms with Crippen molar-refractivity contribution in [2.24, 2.45) is 0 Å². The van der Waals surface area contributed by atoms with Gasteiger partial charge in [-0.3, -0.25) is 4.98 Å². The van der Waals surface area contributed by atoms with Crippen LogP contribution >= 0.6 is 23.2 Å². The van der Waals surface area contributed by atoms with Crippen LogP contribution in [0.15, 0.2) is 4.79 Å². The van der Waals surface area contributed by atoms with Gasteiger partial charge in [0.1, 0.15) is 0 Å². The van der Waals surface area contributed by atoms with E-state index < -0.39 is 5.69 Å². The first kappa shape index (κ1) is 14.9. The first-order chi connectivity index (χ1) is 4.18. The second-order valence-electron chi connectivity index (χ2n) is 1.21. The first-order valence-electron chi connectivity index (χ1n) is 1.98. The van der Waals surface area contributed by atoms with Crippen LogP contribution in [0.25, 0.3) is 0 Å². The molecule has 1 heterocycles. The molecular weight excluding hydrogens is 211 g/mol. The third-order valence-corrected chi connectivity index (χ3v) is 0.942. The summed E-state index contributed by atoms with van der Waals surface area (Å²) in [5.41, 5.74) is -0.597. The van der Waals surface area contributed by atoms with E-state index in [1.807, 2.05) is 0 Å². The Kier molecular flexibility index (Phi) is 9.28. The predicted octanol–water partition coefficient (Wildman–Crippen LogP) is -0.290. The molecule has 1 aromatic rings. The van der Waals surface area contributed by atoms with E-state index in [4.69, 9.17) is 23.2 Å². The Labute approximate surface area is 117 Å². The molecular formula is C3HCl2N3Na2O. The number of halogens is 2. The van der Waals surface area contributed by atoms with Crippen LogP contribution in [0.1, 0.15) is 0 Å². The van der Waals surface area contributed by atoms with Gasteiger partial charge in [0, 0.05) is 59.1 Å². The summed E-state index contributed by atoms with van der Waals surface area (Å²) in [6.45, 7) is 0. The van der Waals surface area contributed by atoms with Crippen molar-refractivity contribution in [3.63, 3.8) is 0 Å². The molecule has 50 valence electrons. The third kappa shape index (κ3) is 5.60. The van der Waals surface area contributed by atoms with Gasteiger partial charge in [-0.1, -0.05) is 0 Å². The first-order valence-corrected chi connectivity index (χ1v) is 2.73. The molecule has 1 aromatic heterocycles. The number of hydrogen-bond acceptors (Lipinski definition) is 3. The fourth-order valence-electron chi connectivity index (χ4n) is 0.334. The second kappa shape index (κ2) is 6.86. The van der Waals surface area contributed by atoms with E-state index in [0.717, 1.165) is 0 Å². The van der Waals surface area contributed by atoms with Gasteiger partial charge in [0.25, 0.3) is 0 Å². The monoisotopic (exact) mass is 211 g/mol. The van der Waals surface area contributed by atoms with Crippen molar-refractivity contribution in [3.8, 4) is 0 Å². The van der Waals surface area contributed by atoms with Crippen LogP contribution < -0.4 is 5.69 Å². The molecule has 4 nitrogen and oxygen atoms in total. The minimum Gasteiger partial charge on any atom is -0.280 e. The van der Waals surface area contributed by atoms with Crippen molar-refractivity contribution in [1.29, 1.82) is 0 Å². The summed E-state index contributed by atoms with van der Waals surface area (Å²) in [5.74, 6) is 0. The van der Waals surface area contributed by atoms with Crippen molar-refractivity contribution >= 4 is 82.3 Å². The van der Waals surface area contributed by atoms with Crippen LogP contribution in [-0.4, -0.2) is 74.1 Å². The molecule has 1 rings (SSSR count). The van der Waals surface area contributed by atoms with Crippen LogP contribution in [0.3, 0.4) is 0 Å². The smallest absolute Gasteiger partial charge is 0.280 e. The van der Waals surface area contributed by atoms with Crippen LogP contribution in [0.5, 0.6) is 0 Å². The number of nitrogens with one attached hydrogen (secondary N) is 1. The van der Waals surface area contributed by atoms with Crippen molar-refractivity contribution in [3.05, 3.63) is 21.1 Å². The molecule has 11 heavy (non-hydrogen) atoms. The number of aromatic amines is 1. The van der Waals surface area contributed by atoms with Gasteiger partial charge >= 0.3 is 5.69 Å². The summed E-state index contributed by atoms with van der Waals surface area (Å²) in [6.07, 6.45) is 0. The topological polar surface area (TPSA) is 58.6 Å². The molecule has 0 aliphatic heterocycles. The number of H-pyrrole nitrogens is 1. The maximum absolute atomic E-state index is 10.3. The van der Waals surface area contributed by atoms with Crippen LogP contribution in [0.2, 0.25) is 10.6 Å². The minimum absolute atomic E-state index is 0. The Morgan fingerprint density at radius 3 is 2.09 bits per heavy atom. The fourth-order valence-corrected chi connectivity index (χ4v) is 0.699. The van der Waals surface area contributed by atoms with E-state index in [1.165, 1.54) is 0 Å². The SMILES string of the molecule is O=c1nc(Cl)nc(Cl)[nH]1.[Na].[Na]. The molecule has 0 atom stereocenters. The number of aromatic nitrogens is 3. The molecule has 0 unspecified atom stereocenters. The van der Waals surface area contributed by atoms with Crippen molar-refractivity contribution in [2.45, 2.75) is 0 Å². The maximum Gasteiger partial charge on any atom is 0.350 e. The molecule has 0 saturated carbocycles. The van der Waals surface area contributed by atoms with Crippen LogP contribution in [-0.2, 0) is 0 Å². The summed E-state index contributed by atoms with van der Waals surface area (Å²) in [6, 6.07) is 0. The van der Waals surface area contributed by atoms with E-state index in [2.05, 4.69) is 15.0 Å². The minimum atomic E-state index is -0.597. The molecule has 8 heteroatoms. The van der Waals surface area contributed by atoms with Gasteiger partial charge in [-0.25, -0.2) is 4.79 Å². The zero-order valence-electron chi connectivity index (χ0n) is 6.06. The van der Waals surface area contributed by atoms with E-state index in [0.29, 0.717) is 0 Å². The van der Waals surface area contributed by atoms with Gasteiger partial charge in [-0.15, -0.1) is 0 Å². The van der Waals surface area contributed by atoms with Crippen LogP contribution in [0.4, 0.5) is 0 Å². The Balaban J connectivity index is 0. The van der Waals surface area contributed by atoms with Gasteiger partial charge in [-0.2, -0.15) is 9.97 Å². The zero-order chi connectivity index (χ0) is 6.85. The Hall–Kier alpha value is 1.39. The molecule has 0 bridgehead atoms. The zero-order valence-corrected chi connectivity index (χ0v) is 11.6. The van der Waals surface area contributed by atoms with Gasteiger partial charge in [0.15, 0.2) is 0 Å². The van der Waals surface area contributed by atoms with Crippen molar-refractivity contribution in [2.75, 3.05) is 0 Å².